The van der Waals surface area contributed by atoms with Gasteiger partial charge in [-0.25, -0.2) is 0 Å². The van der Waals surface area contributed by atoms with Crippen LogP contribution in [0.5, 0.6) is 0 Å². The molecule has 0 saturated heterocycles. The fraction of sp³-hybridized carbons (Fsp3) is 0.235. The van der Waals surface area contributed by atoms with Crippen LogP contribution in [0, 0.1) is 0 Å². The van der Waals surface area contributed by atoms with Crippen LogP contribution in [-0.4, -0.2) is 35.9 Å². The van der Waals surface area contributed by atoms with Gasteiger partial charge in [-0.05, 0) is 48.5 Å². The second-order valence-electron chi connectivity index (χ2n) is 5.37. The lowest BCUT2D eigenvalue weighted by atomic mass is 10.1. The monoisotopic (exact) mass is 345 g/mol. The third-order valence-corrected chi connectivity index (χ3v) is 3.49. The number of amides is 2. The molecule has 0 fully saturated rings. The van der Waals surface area contributed by atoms with Gasteiger partial charge >= 0.3 is 0 Å². The maximum atomic E-state index is 11.8. The molecule has 0 radical (unpaired) electrons. The Morgan fingerprint density at radius 3 is 2.67 bits per heavy atom. The molecule has 0 spiro atoms. The molecule has 2 rings (SSSR count). The summed E-state index contributed by atoms with van der Waals surface area (Å²) < 4.78 is 5.00. The number of thiocarbonyl (C=S) groups is 1. The van der Waals surface area contributed by atoms with Gasteiger partial charge in [0.2, 0.25) is 5.91 Å². The predicted molar refractivity (Wildman–Crippen MR) is 95.9 cm³/mol. The zero-order chi connectivity index (χ0) is 17.5. The molecule has 0 atom stereocenters. The number of hydrogen-bond donors (Lipinski definition) is 2. The zero-order valence-corrected chi connectivity index (χ0v) is 14.4. The standard InChI is InChI=1S/C17H19N3O3S/c1-20(2)15(21)9-8-12-5-3-6-13(11-12)18-17(24)19-16(22)14-7-4-10-23-14/h3-7,10-11H,8-9H2,1-2H3,(H2,18,19,22,24). The van der Waals surface area contributed by atoms with Crippen molar-refractivity contribution >= 4 is 34.8 Å². The lowest BCUT2D eigenvalue weighted by Crippen LogP contribution is -2.33. The van der Waals surface area contributed by atoms with Crippen LogP contribution < -0.4 is 10.6 Å². The van der Waals surface area contributed by atoms with Gasteiger partial charge < -0.3 is 14.6 Å². The van der Waals surface area contributed by atoms with Crippen LogP contribution in [0.3, 0.4) is 0 Å². The van der Waals surface area contributed by atoms with E-state index in [0.29, 0.717) is 12.8 Å². The summed E-state index contributed by atoms with van der Waals surface area (Å²) in [5.74, 6) is -0.144. The number of benzene rings is 1. The molecular formula is C17H19N3O3S. The molecule has 6 nitrogen and oxygen atoms in total. The molecule has 1 aromatic carbocycles. The van der Waals surface area contributed by atoms with E-state index in [-0.39, 0.29) is 16.8 Å². The van der Waals surface area contributed by atoms with Gasteiger partial charge in [0.1, 0.15) is 0 Å². The third kappa shape index (κ3) is 5.20. The lowest BCUT2D eigenvalue weighted by Gasteiger charge is -2.11. The first-order valence-electron chi connectivity index (χ1n) is 7.40. The summed E-state index contributed by atoms with van der Waals surface area (Å²) in [7, 11) is 3.47. The quantitative estimate of drug-likeness (QED) is 0.814. The predicted octanol–water partition coefficient (Wildman–Crippen LogP) is 2.43. The third-order valence-electron chi connectivity index (χ3n) is 3.28. The van der Waals surface area contributed by atoms with E-state index in [4.69, 9.17) is 16.6 Å². The summed E-state index contributed by atoms with van der Waals surface area (Å²) in [6.07, 6.45) is 2.50. The number of anilines is 1. The Labute approximate surface area is 145 Å². The summed E-state index contributed by atoms with van der Waals surface area (Å²) in [6, 6.07) is 10.7. The van der Waals surface area contributed by atoms with Crippen molar-refractivity contribution in [2.45, 2.75) is 12.8 Å². The minimum absolute atomic E-state index is 0.0783. The van der Waals surface area contributed by atoms with Crippen molar-refractivity contribution in [3.8, 4) is 0 Å². The number of furan rings is 1. The molecule has 2 N–H and O–H groups in total. The van der Waals surface area contributed by atoms with Gasteiger partial charge in [-0.3, -0.25) is 14.9 Å². The molecule has 2 amide bonds. The molecule has 1 aromatic heterocycles. The Balaban J connectivity index is 1.90. The first-order chi connectivity index (χ1) is 11.5. The largest absolute Gasteiger partial charge is 0.459 e. The van der Waals surface area contributed by atoms with Crippen molar-refractivity contribution < 1.29 is 14.0 Å². The number of carbonyl (C=O) groups excluding carboxylic acids is 2. The minimum Gasteiger partial charge on any atom is -0.459 e. The van der Waals surface area contributed by atoms with Gasteiger partial charge in [-0.15, -0.1) is 0 Å². The van der Waals surface area contributed by atoms with Crippen molar-refractivity contribution in [3.05, 3.63) is 54.0 Å². The molecule has 24 heavy (non-hydrogen) atoms. The van der Waals surface area contributed by atoms with Crippen LogP contribution in [0.25, 0.3) is 0 Å². The van der Waals surface area contributed by atoms with Crippen molar-refractivity contribution in [2.75, 3.05) is 19.4 Å². The summed E-state index contributed by atoms with van der Waals surface area (Å²) in [5.41, 5.74) is 1.75. The van der Waals surface area contributed by atoms with Gasteiger partial charge in [0, 0.05) is 26.2 Å². The molecule has 1 heterocycles. The normalized spacial score (nSPS) is 10.1. The summed E-state index contributed by atoms with van der Waals surface area (Å²) in [4.78, 5) is 25.1. The molecule has 0 aliphatic heterocycles. The Morgan fingerprint density at radius 2 is 2.00 bits per heavy atom. The highest BCUT2D eigenvalue weighted by molar-refractivity contribution is 7.80. The number of carbonyl (C=O) groups is 2. The number of rotatable bonds is 5. The van der Waals surface area contributed by atoms with Gasteiger partial charge in [0.15, 0.2) is 10.9 Å². The van der Waals surface area contributed by atoms with Crippen LogP contribution >= 0.6 is 12.2 Å². The van der Waals surface area contributed by atoms with Crippen LogP contribution in [0.2, 0.25) is 0 Å². The van der Waals surface area contributed by atoms with Gasteiger partial charge in [-0.2, -0.15) is 0 Å². The average molecular weight is 345 g/mol. The van der Waals surface area contributed by atoms with Gasteiger partial charge in [0.05, 0.1) is 6.26 Å². The summed E-state index contributed by atoms with van der Waals surface area (Å²) >= 11 is 5.12. The highest BCUT2D eigenvalue weighted by Crippen LogP contribution is 2.13. The van der Waals surface area contributed by atoms with E-state index >= 15 is 0 Å². The Hall–Kier alpha value is -2.67. The lowest BCUT2D eigenvalue weighted by molar-refractivity contribution is -0.128. The smallest absolute Gasteiger partial charge is 0.293 e. The Kier molecular flexibility index (Phi) is 6.08. The molecular weight excluding hydrogens is 326 g/mol. The second-order valence-corrected chi connectivity index (χ2v) is 5.78. The SMILES string of the molecule is CN(C)C(=O)CCc1cccc(NC(=S)NC(=O)c2ccco2)c1. The molecule has 2 aromatic rings. The van der Waals surface area contributed by atoms with Crippen LogP contribution in [0.4, 0.5) is 5.69 Å². The number of hydrogen-bond acceptors (Lipinski definition) is 4. The average Bonchev–Trinajstić information content (AvgIpc) is 3.07. The molecule has 0 unspecified atom stereocenters. The Morgan fingerprint density at radius 1 is 1.21 bits per heavy atom. The van der Waals surface area contributed by atoms with Crippen molar-refractivity contribution in [1.82, 2.24) is 10.2 Å². The first-order valence-corrected chi connectivity index (χ1v) is 7.81. The van der Waals surface area contributed by atoms with E-state index in [0.717, 1.165) is 11.3 Å². The molecule has 0 saturated carbocycles. The topological polar surface area (TPSA) is 74.6 Å². The fourth-order valence-electron chi connectivity index (χ4n) is 2.01. The molecule has 7 heteroatoms. The second kappa shape index (κ2) is 8.26. The van der Waals surface area contributed by atoms with E-state index in [9.17, 15) is 9.59 Å². The zero-order valence-electron chi connectivity index (χ0n) is 13.5. The van der Waals surface area contributed by atoms with E-state index in [1.807, 2.05) is 24.3 Å². The number of nitrogens with one attached hydrogen (secondary N) is 2. The number of aryl methyl sites for hydroxylation is 1. The first kappa shape index (κ1) is 17.7. The highest BCUT2D eigenvalue weighted by Gasteiger charge is 2.10. The van der Waals surface area contributed by atoms with E-state index in [1.165, 1.54) is 6.26 Å². The van der Waals surface area contributed by atoms with Crippen LogP contribution in [-0.2, 0) is 11.2 Å². The van der Waals surface area contributed by atoms with E-state index < -0.39 is 5.91 Å². The van der Waals surface area contributed by atoms with Crippen molar-refractivity contribution in [2.24, 2.45) is 0 Å². The highest BCUT2D eigenvalue weighted by atomic mass is 32.1. The Bertz CT molecular complexity index is 726. The minimum atomic E-state index is -0.412. The molecule has 0 bridgehead atoms. The van der Waals surface area contributed by atoms with E-state index in [2.05, 4.69) is 10.6 Å². The maximum absolute atomic E-state index is 11.8. The number of nitrogens with zero attached hydrogens (tertiary/aromatic N) is 1. The molecule has 126 valence electrons. The van der Waals surface area contributed by atoms with Crippen LogP contribution in [0.1, 0.15) is 22.5 Å². The molecule has 0 aliphatic carbocycles. The summed E-state index contributed by atoms with van der Waals surface area (Å²) in [6.45, 7) is 0. The maximum Gasteiger partial charge on any atom is 0.293 e. The van der Waals surface area contributed by atoms with Gasteiger partial charge in [0.25, 0.3) is 5.91 Å². The fourth-order valence-corrected chi connectivity index (χ4v) is 2.22. The molecule has 0 aliphatic rings. The van der Waals surface area contributed by atoms with Crippen LogP contribution in [0.15, 0.2) is 47.1 Å². The summed E-state index contributed by atoms with van der Waals surface area (Å²) in [5, 5.41) is 5.67. The van der Waals surface area contributed by atoms with E-state index in [1.54, 1.807) is 31.1 Å². The van der Waals surface area contributed by atoms with Crippen molar-refractivity contribution in [3.63, 3.8) is 0 Å². The van der Waals surface area contributed by atoms with Gasteiger partial charge in [-0.1, -0.05) is 12.1 Å². The van der Waals surface area contributed by atoms with Crippen molar-refractivity contribution in [1.29, 1.82) is 0 Å².